The van der Waals surface area contributed by atoms with E-state index in [9.17, 15) is 10.2 Å². The van der Waals surface area contributed by atoms with Crippen molar-refractivity contribution >= 4 is 0 Å². The Labute approximate surface area is 103 Å². The molecule has 0 atom stereocenters. The third kappa shape index (κ3) is 11.5. The molecule has 0 aromatic rings. The highest BCUT2D eigenvalue weighted by Crippen LogP contribution is 1.98. The Hall–Kier alpha value is -0.720. The van der Waals surface area contributed by atoms with E-state index in [4.69, 9.17) is 9.47 Å². The van der Waals surface area contributed by atoms with E-state index in [2.05, 4.69) is 18.5 Å². The van der Waals surface area contributed by atoms with Gasteiger partial charge in [0, 0.05) is 6.61 Å². The zero-order chi connectivity index (χ0) is 13.0. The van der Waals surface area contributed by atoms with Gasteiger partial charge in [-0.15, -0.1) is 13.2 Å². The van der Waals surface area contributed by atoms with Crippen LogP contribution in [0.25, 0.3) is 0 Å². The van der Waals surface area contributed by atoms with E-state index in [-0.39, 0.29) is 13.2 Å². The molecular formula is C12H23NO4. The molecule has 0 aliphatic rings. The van der Waals surface area contributed by atoms with Crippen molar-refractivity contribution in [1.29, 1.82) is 0 Å². The molecular weight excluding hydrogens is 222 g/mol. The summed E-state index contributed by atoms with van der Waals surface area (Å²) in [6.07, 6.45) is 4.05. The molecule has 17 heavy (non-hydrogen) atoms. The minimum atomic E-state index is -1.84. The van der Waals surface area contributed by atoms with Crippen molar-refractivity contribution in [3.63, 3.8) is 0 Å². The first-order valence-corrected chi connectivity index (χ1v) is 5.65. The molecule has 5 nitrogen and oxygen atoms in total. The Morgan fingerprint density at radius 1 is 1.12 bits per heavy atom. The van der Waals surface area contributed by atoms with E-state index < -0.39 is 5.79 Å². The molecule has 5 heteroatoms. The van der Waals surface area contributed by atoms with Crippen LogP contribution in [0, 0.1) is 0 Å². The molecule has 0 aliphatic carbocycles. The summed E-state index contributed by atoms with van der Waals surface area (Å²) < 4.78 is 10.1. The summed E-state index contributed by atoms with van der Waals surface area (Å²) >= 11 is 0. The van der Waals surface area contributed by atoms with Gasteiger partial charge >= 0.3 is 0 Å². The molecule has 0 radical (unpaired) electrons. The summed E-state index contributed by atoms with van der Waals surface area (Å²) in [5.74, 6) is -1.84. The summed E-state index contributed by atoms with van der Waals surface area (Å²) in [5.41, 5.74) is 0. The van der Waals surface area contributed by atoms with Crippen molar-refractivity contribution in [3.05, 3.63) is 25.3 Å². The largest absolute Gasteiger partial charge is 0.377 e. The van der Waals surface area contributed by atoms with Crippen molar-refractivity contribution in [1.82, 2.24) is 5.32 Å². The van der Waals surface area contributed by atoms with Crippen LogP contribution in [0.4, 0.5) is 0 Å². The molecule has 0 bridgehead atoms. The van der Waals surface area contributed by atoms with Crippen molar-refractivity contribution in [2.75, 3.05) is 39.5 Å². The molecule has 0 saturated carbocycles. The number of nitrogens with one attached hydrogen (secondary N) is 1. The predicted octanol–water partition coefficient (Wildman–Crippen LogP) is 0.0522. The van der Waals surface area contributed by atoms with Crippen LogP contribution < -0.4 is 5.32 Å². The first-order valence-electron chi connectivity index (χ1n) is 5.65. The van der Waals surface area contributed by atoms with E-state index in [0.29, 0.717) is 26.4 Å². The van der Waals surface area contributed by atoms with Crippen LogP contribution in [-0.4, -0.2) is 55.5 Å². The monoisotopic (exact) mass is 245 g/mol. The molecule has 0 rings (SSSR count). The highest BCUT2D eigenvalue weighted by molar-refractivity contribution is 4.70. The zero-order valence-corrected chi connectivity index (χ0v) is 10.2. The van der Waals surface area contributed by atoms with Crippen LogP contribution in [0.5, 0.6) is 0 Å². The van der Waals surface area contributed by atoms with Crippen LogP contribution in [0.1, 0.15) is 6.42 Å². The minimum Gasteiger partial charge on any atom is -0.377 e. The molecule has 0 unspecified atom stereocenters. The average molecular weight is 245 g/mol. The maximum Gasteiger partial charge on any atom is 0.199 e. The third-order valence-electron chi connectivity index (χ3n) is 1.85. The summed E-state index contributed by atoms with van der Waals surface area (Å²) in [6, 6.07) is 0. The second-order valence-corrected chi connectivity index (χ2v) is 3.68. The number of hydrogen-bond acceptors (Lipinski definition) is 5. The molecule has 3 N–H and O–H groups in total. The lowest BCUT2D eigenvalue weighted by Gasteiger charge is -2.21. The standard InChI is InChI=1S/C12H23NO4/c1-3-7-16-9-5-6-13-10-12(14,15)11-17-8-4-2/h3-4,13-15H,1-2,5-11H2. The lowest BCUT2D eigenvalue weighted by atomic mass is 10.3. The number of ether oxygens (including phenoxy) is 2. The van der Waals surface area contributed by atoms with Crippen LogP contribution in [-0.2, 0) is 9.47 Å². The van der Waals surface area contributed by atoms with Crippen molar-refractivity contribution in [2.45, 2.75) is 12.2 Å². The highest BCUT2D eigenvalue weighted by atomic mass is 16.6. The van der Waals surface area contributed by atoms with Crippen LogP contribution >= 0.6 is 0 Å². The summed E-state index contributed by atoms with van der Waals surface area (Å²) in [5, 5.41) is 21.9. The molecule has 0 aromatic heterocycles. The Kier molecular flexibility index (Phi) is 9.99. The lowest BCUT2D eigenvalue weighted by Crippen LogP contribution is -2.44. The zero-order valence-electron chi connectivity index (χ0n) is 10.2. The molecule has 0 saturated heterocycles. The molecule has 0 aromatic carbocycles. The molecule has 0 heterocycles. The van der Waals surface area contributed by atoms with Gasteiger partial charge in [0.05, 0.1) is 19.8 Å². The Bertz CT molecular complexity index is 207. The van der Waals surface area contributed by atoms with Gasteiger partial charge in [-0.1, -0.05) is 12.2 Å². The third-order valence-corrected chi connectivity index (χ3v) is 1.85. The first-order chi connectivity index (χ1) is 8.12. The average Bonchev–Trinajstić information content (AvgIpc) is 2.28. The fourth-order valence-electron chi connectivity index (χ4n) is 1.11. The quantitative estimate of drug-likeness (QED) is 0.257. The van der Waals surface area contributed by atoms with Crippen molar-refractivity contribution < 1.29 is 19.7 Å². The summed E-state index contributed by atoms with van der Waals surface area (Å²) in [4.78, 5) is 0. The van der Waals surface area contributed by atoms with Crippen LogP contribution in [0.2, 0.25) is 0 Å². The van der Waals surface area contributed by atoms with Crippen LogP contribution in [0.3, 0.4) is 0 Å². The Morgan fingerprint density at radius 2 is 1.76 bits per heavy atom. The number of rotatable bonds is 12. The number of aliphatic hydroxyl groups is 2. The molecule has 0 fully saturated rings. The van der Waals surface area contributed by atoms with E-state index in [1.54, 1.807) is 12.2 Å². The molecule has 0 spiro atoms. The lowest BCUT2D eigenvalue weighted by molar-refractivity contribution is -0.191. The van der Waals surface area contributed by atoms with Gasteiger partial charge < -0.3 is 25.0 Å². The topological polar surface area (TPSA) is 71.0 Å². The van der Waals surface area contributed by atoms with Gasteiger partial charge in [-0.05, 0) is 13.0 Å². The second kappa shape index (κ2) is 10.4. The SMILES string of the molecule is C=CCOCCCNCC(O)(O)COCC=C. The maximum atomic E-state index is 9.47. The van der Waals surface area contributed by atoms with E-state index >= 15 is 0 Å². The van der Waals surface area contributed by atoms with E-state index in [0.717, 1.165) is 6.42 Å². The number of hydrogen-bond donors (Lipinski definition) is 3. The highest BCUT2D eigenvalue weighted by Gasteiger charge is 2.22. The normalized spacial score (nSPS) is 11.4. The Balaban J connectivity index is 3.38. The summed E-state index contributed by atoms with van der Waals surface area (Å²) in [6.45, 7) is 9.04. The van der Waals surface area contributed by atoms with Gasteiger partial charge in [-0.2, -0.15) is 0 Å². The first kappa shape index (κ1) is 16.3. The fourth-order valence-corrected chi connectivity index (χ4v) is 1.11. The maximum absolute atomic E-state index is 9.47. The summed E-state index contributed by atoms with van der Waals surface area (Å²) in [7, 11) is 0. The van der Waals surface area contributed by atoms with Gasteiger partial charge in [-0.25, -0.2) is 0 Å². The smallest absolute Gasteiger partial charge is 0.199 e. The van der Waals surface area contributed by atoms with Crippen molar-refractivity contribution in [2.24, 2.45) is 0 Å². The minimum absolute atomic E-state index is 0.0611. The fraction of sp³-hybridized carbons (Fsp3) is 0.667. The molecule has 0 aliphatic heterocycles. The van der Waals surface area contributed by atoms with Gasteiger partial charge in [0.15, 0.2) is 5.79 Å². The van der Waals surface area contributed by atoms with Gasteiger partial charge in [0.1, 0.15) is 6.61 Å². The molecule has 0 amide bonds. The van der Waals surface area contributed by atoms with Gasteiger partial charge in [0.25, 0.3) is 0 Å². The molecule has 100 valence electrons. The Morgan fingerprint density at radius 3 is 2.41 bits per heavy atom. The van der Waals surface area contributed by atoms with Gasteiger partial charge in [-0.3, -0.25) is 0 Å². The van der Waals surface area contributed by atoms with E-state index in [1.165, 1.54) is 0 Å². The van der Waals surface area contributed by atoms with E-state index in [1.807, 2.05) is 0 Å². The van der Waals surface area contributed by atoms with Crippen LogP contribution in [0.15, 0.2) is 25.3 Å². The van der Waals surface area contributed by atoms with Gasteiger partial charge in [0.2, 0.25) is 0 Å². The van der Waals surface area contributed by atoms with Crippen molar-refractivity contribution in [3.8, 4) is 0 Å². The predicted molar refractivity (Wildman–Crippen MR) is 66.7 cm³/mol. The second-order valence-electron chi connectivity index (χ2n) is 3.68.